The largest absolute Gasteiger partial charge is 0.378 e. The molecule has 7 nitrogen and oxygen atoms in total. The Morgan fingerprint density at radius 1 is 1.18 bits per heavy atom. The predicted octanol–water partition coefficient (Wildman–Crippen LogP) is 3.59. The molecule has 0 bridgehead atoms. The molecule has 3 saturated heterocycles. The fourth-order valence-electron chi connectivity index (χ4n) is 4.86. The van der Waals surface area contributed by atoms with Gasteiger partial charge in [0, 0.05) is 30.1 Å². The van der Waals surface area contributed by atoms with Crippen LogP contribution in [0.4, 0.5) is 5.00 Å². The molecule has 0 saturated carbocycles. The Bertz CT molecular complexity index is 1100. The van der Waals surface area contributed by atoms with E-state index in [1.54, 1.807) is 21.6 Å². The molecule has 4 heterocycles. The number of fused-ring (bicyclic) bond motifs is 1. The van der Waals surface area contributed by atoms with Crippen LogP contribution in [0, 0.1) is 6.92 Å². The molecule has 1 N–H and O–H groups in total. The van der Waals surface area contributed by atoms with Gasteiger partial charge in [-0.1, -0.05) is 30.3 Å². The van der Waals surface area contributed by atoms with E-state index in [1.165, 1.54) is 11.3 Å². The van der Waals surface area contributed by atoms with Crippen LogP contribution < -0.4 is 5.32 Å². The van der Waals surface area contributed by atoms with E-state index in [4.69, 9.17) is 4.74 Å². The van der Waals surface area contributed by atoms with Crippen molar-refractivity contribution in [3.63, 3.8) is 0 Å². The van der Waals surface area contributed by atoms with Crippen molar-refractivity contribution in [1.29, 1.82) is 0 Å². The number of nitrogens with zero attached hydrogens (tertiary/aromatic N) is 2. The molecule has 3 fully saturated rings. The standard InChI is InChI=1S/C24H27N3O4S2/c1-15-19(23(30)26-10-12-31-13-11-26)22(33-20(15)16-6-4-3-5-7-16)25-21(29)17-14-32-24(2)9-8-18(28)27(17)24/h3-7,17H,8-14H2,1-2H3,(H,25,29)/t17-,24-/m1/s1. The van der Waals surface area contributed by atoms with E-state index in [0.29, 0.717) is 49.0 Å². The molecule has 1 aromatic heterocycles. The fraction of sp³-hybridized carbons (Fsp3) is 0.458. The first-order chi connectivity index (χ1) is 15.9. The van der Waals surface area contributed by atoms with Gasteiger partial charge in [0.1, 0.15) is 11.0 Å². The number of carbonyl (C=O) groups excluding carboxylic acids is 3. The number of anilines is 1. The minimum absolute atomic E-state index is 0.0274. The molecule has 1 aromatic carbocycles. The van der Waals surface area contributed by atoms with Gasteiger partial charge in [0.2, 0.25) is 11.8 Å². The van der Waals surface area contributed by atoms with Crippen LogP contribution in [0.2, 0.25) is 0 Å². The van der Waals surface area contributed by atoms with E-state index in [0.717, 1.165) is 22.4 Å². The third-order valence-electron chi connectivity index (χ3n) is 6.68. The van der Waals surface area contributed by atoms with Gasteiger partial charge in [-0.15, -0.1) is 23.1 Å². The van der Waals surface area contributed by atoms with E-state index in [-0.39, 0.29) is 22.6 Å². The maximum absolute atomic E-state index is 13.5. The lowest BCUT2D eigenvalue weighted by molar-refractivity contribution is -0.135. The van der Waals surface area contributed by atoms with Crippen LogP contribution in [0.3, 0.4) is 0 Å². The highest BCUT2D eigenvalue weighted by Gasteiger charge is 2.53. The van der Waals surface area contributed by atoms with Crippen LogP contribution >= 0.6 is 23.1 Å². The van der Waals surface area contributed by atoms with Crippen LogP contribution in [0.15, 0.2) is 30.3 Å². The Balaban J connectivity index is 1.49. The highest BCUT2D eigenvalue weighted by atomic mass is 32.2. The van der Waals surface area contributed by atoms with E-state index < -0.39 is 6.04 Å². The Morgan fingerprint density at radius 2 is 1.91 bits per heavy atom. The van der Waals surface area contributed by atoms with Gasteiger partial charge in [0.25, 0.3) is 5.91 Å². The molecule has 0 unspecified atom stereocenters. The fourth-order valence-corrected chi connectivity index (χ4v) is 7.50. The van der Waals surface area contributed by atoms with Crippen molar-refractivity contribution < 1.29 is 19.1 Å². The van der Waals surface area contributed by atoms with Crippen LogP contribution in [-0.2, 0) is 14.3 Å². The summed E-state index contributed by atoms with van der Waals surface area (Å²) in [5, 5.41) is 3.60. The quantitative estimate of drug-likeness (QED) is 0.716. The number of hydrogen-bond donors (Lipinski definition) is 1. The zero-order chi connectivity index (χ0) is 23.2. The molecular weight excluding hydrogens is 458 g/mol. The number of rotatable bonds is 4. The smallest absolute Gasteiger partial charge is 0.257 e. The van der Waals surface area contributed by atoms with Gasteiger partial charge in [0.15, 0.2) is 0 Å². The van der Waals surface area contributed by atoms with Crippen molar-refractivity contribution in [3.8, 4) is 10.4 Å². The lowest BCUT2D eigenvalue weighted by atomic mass is 10.1. The first kappa shape index (κ1) is 22.4. The van der Waals surface area contributed by atoms with Gasteiger partial charge in [0.05, 0.1) is 23.6 Å². The summed E-state index contributed by atoms with van der Waals surface area (Å²) < 4.78 is 5.41. The SMILES string of the molecule is Cc1c(-c2ccccc2)sc(NC(=O)[C@H]2CS[C@]3(C)CCC(=O)N23)c1C(=O)N1CCOCC1. The van der Waals surface area contributed by atoms with Gasteiger partial charge in [-0.3, -0.25) is 14.4 Å². The van der Waals surface area contributed by atoms with Crippen molar-refractivity contribution in [2.45, 2.75) is 37.6 Å². The molecule has 3 amide bonds. The number of amides is 3. The molecule has 0 radical (unpaired) electrons. The minimum Gasteiger partial charge on any atom is -0.378 e. The molecule has 3 aliphatic heterocycles. The average molecular weight is 486 g/mol. The van der Waals surface area contributed by atoms with Crippen molar-refractivity contribution in [1.82, 2.24) is 9.80 Å². The normalized spacial score (nSPS) is 24.8. The van der Waals surface area contributed by atoms with Gasteiger partial charge in [-0.05, 0) is 31.4 Å². The second-order valence-corrected chi connectivity index (χ2v) is 11.3. The van der Waals surface area contributed by atoms with Crippen molar-refractivity contribution in [2.24, 2.45) is 0 Å². The maximum atomic E-state index is 13.5. The van der Waals surface area contributed by atoms with E-state index in [1.807, 2.05) is 44.2 Å². The molecule has 9 heteroatoms. The van der Waals surface area contributed by atoms with Crippen molar-refractivity contribution >= 4 is 45.8 Å². The number of benzene rings is 1. The molecular formula is C24H27N3O4S2. The zero-order valence-corrected chi connectivity index (χ0v) is 20.4. The highest BCUT2D eigenvalue weighted by molar-refractivity contribution is 8.01. The molecule has 0 spiro atoms. The molecule has 174 valence electrons. The lowest BCUT2D eigenvalue weighted by Gasteiger charge is -2.30. The molecule has 33 heavy (non-hydrogen) atoms. The second-order valence-electron chi connectivity index (χ2n) is 8.79. The van der Waals surface area contributed by atoms with Crippen molar-refractivity contribution in [3.05, 3.63) is 41.5 Å². The van der Waals surface area contributed by atoms with Crippen LogP contribution in [0.5, 0.6) is 0 Å². The van der Waals surface area contributed by atoms with Crippen molar-refractivity contribution in [2.75, 3.05) is 37.4 Å². The Labute approximate surface area is 201 Å². The predicted molar refractivity (Wildman–Crippen MR) is 131 cm³/mol. The summed E-state index contributed by atoms with van der Waals surface area (Å²) in [6.07, 6.45) is 1.24. The average Bonchev–Trinajstić information content (AvgIpc) is 3.45. The molecule has 2 aromatic rings. The monoisotopic (exact) mass is 485 g/mol. The Kier molecular flexibility index (Phi) is 5.96. The second kappa shape index (κ2) is 8.77. The van der Waals surface area contributed by atoms with Gasteiger partial charge < -0.3 is 19.9 Å². The van der Waals surface area contributed by atoms with Crippen LogP contribution in [0.1, 0.15) is 35.7 Å². The number of thiophene rings is 1. The summed E-state index contributed by atoms with van der Waals surface area (Å²) in [5.74, 6) is 0.280. The van der Waals surface area contributed by atoms with Gasteiger partial charge >= 0.3 is 0 Å². The number of hydrogen-bond acceptors (Lipinski definition) is 6. The minimum atomic E-state index is -0.524. The molecule has 2 atom stereocenters. The summed E-state index contributed by atoms with van der Waals surface area (Å²) in [7, 11) is 0. The van der Waals surface area contributed by atoms with Crippen LogP contribution in [-0.4, -0.2) is 70.5 Å². The van der Waals surface area contributed by atoms with Crippen LogP contribution in [0.25, 0.3) is 10.4 Å². The topological polar surface area (TPSA) is 79.0 Å². The first-order valence-corrected chi connectivity index (χ1v) is 13.0. The molecule has 3 aliphatic rings. The summed E-state index contributed by atoms with van der Waals surface area (Å²) in [5.41, 5.74) is 2.41. The number of morpholine rings is 1. The number of ether oxygens (including phenoxy) is 1. The number of thioether (sulfide) groups is 1. The van der Waals surface area contributed by atoms with Gasteiger partial charge in [-0.2, -0.15) is 0 Å². The summed E-state index contributed by atoms with van der Waals surface area (Å²) >= 11 is 3.09. The van der Waals surface area contributed by atoms with E-state index in [2.05, 4.69) is 5.32 Å². The zero-order valence-electron chi connectivity index (χ0n) is 18.8. The number of carbonyl (C=O) groups is 3. The highest BCUT2D eigenvalue weighted by Crippen LogP contribution is 2.48. The van der Waals surface area contributed by atoms with E-state index >= 15 is 0 Å². The third kappa shape index (κ3) is 3.96. The first-order valence-electron chi connectivity index (χ1n) is 11.2. The molecule has 5 rings (SSSR count). The van der Waals surface area contributed by atoms with E-state index in [9.17, 15) is 14.4 Å². The third-order valence-corrected chi connectivity index (χ3v) is 9.44. The summed E-state index contributed by atoms with van der Waals surface area (Å²) in [6, 6.07) is 9.38. The maximum Gasteiger partial charge on any atom is 0.257 e. The van der Waals surface area contributed by atoms with Gasteiger partial charge in [-0.25, -0.2) is 0 Å². The molecule has 0 aliphatic carbocycles. The Morgan fingerprint density at radius 3 is 2.64 bits per heavy atom. The number of nitrogens with one attached hydrogen (secondary N) is 1. The summed E-state index contributed by atoms with van der Waals surface area (Å²) in [4.78, 5) is 43.6. The lowest BCUT2D eigenvalue weighted by Crippen LogP contribution is -2.48. The summed E-state index contributed by atoms with van der Waals surface area (Å²) in [6.45, 7) is 6.05. The Hall–Kier alpha value is -2.36.